The van der Waals surface area contributed by atoms with Crippen LogP contribution < -0.4 is 4.90 Å². The van der Waals surface area contributed by atoms with Crippen LogP contribution in [0.1, 0.15) is 43.7 Å². The Labute approximate surface area is 145 Å². The van der Waals surface area contributed by atoms with Gasteiger partial charge in [-0.25, -0.2) is 4.79 Å². The number of fused-ring (bicyclic) bond motifs is 2. The first-order chi connectivity index (χ1) is 11.9. The van der Waals surface area contributed by atoms with Gasteiger partial charge in [-0.15, -0.1) is 0 Å². The Morgan fingerprint density at radius 3 is 2.56 bits per heavy atom. The van der Waals surface area contributed by atoms with E-state index in [9.17, 15) is 19.5 Å². The largest absolute Gasteiger partial charge is 0.481 e. The highest BCUT2D eigenvalue weighted by Crippen LogP contribution is 2.49. The molecule has 1 aromatic rings. The molecule has 7 nitrogen and oxygen atoms in total. The average Bonchev–Trinajstić information content (AvgIpc) is 3.04. The topological polar surface area (TPSA) is 98.2 Å². The molecule has 1 aliphatic carbocycles. The maximum absolute atomic E-state index is 12.5. The first kappa shape index (κ1) is 17.3. The molecule has 2 aliphatic rings. The van der Waals surface area contributed by atoms with Gasteiger partial charge in [0.15, 0.2) is 0 Å². The van der Waals surface area contributed by atoms with Gasteiger partial charge in [0.05, 0.1) is 18.2 Å². The van der Waals surface area contributed by atoms with Gasteiger partial charge in [0, 0.05) is 25.4 Å². The van der Waals surface area contributed by atoms with Crippen LogP contribution >= 0.6 is 0 Å². The number of benzene rings is 1. The van der Waals surface area contributed by atoms with Crippen LogP contribution in [0, 0.1) is 5.92 Å². The first-order valence-electron chi connectivity index (χ1n) is 8.50. The van der Waals surface area contributed by atoms with Gasteiger partial charge in [0.1, 0.15) is 0 Å². The third-order valence-corrected chi connectivity index (χ3v) is 5.35. The highest BCUT2D eigenvalue weighted by atomic mass is 16.4. The van der Waals surface area contributed by atoms with E-state index >= 15 is 0 Å². The summed E-state index contributed by atoms with van der Waals surface area (Å²) in [5.41, 5.74) is 1.44. The molecule has 0 saturated heterocycles. The van der Waals surface area contributed by atoms with Crippen LogP contribution in [0.25, 0.3) is 0 Å². The van der Waals surface area contributed by atoms with Crippen molar-refractivity contribution in [2.45, 2.75) is 44.2 Å². The van der Waals surface area contributed by atoms with Crippen molar-refractivity contribution in [3.8, 4) is 0 Å². The number of carbonyl (C=O) groups excluding carboxylic acids is 1. The molecule has 0 radical (unpaired) electrons. The zero-order chi connectivity index (χ0) is 18.1. The zero-order valence-electron chi connectivity index (χ0n) is 14.1. The molecule has 0 bridgehead atoms. The highest BCUT2D eigenvalue weighted by Gasteiger charge is 2.47. The Hall–Kier alpha value is -2.57. The van der Waals surface area contributed by atoms with Crippen molar-refractivity contribution in [2.75, 3.05) is 11.9 Å². The second kappa shape index (κ2) is 6.74. The fourth-order valence-corrected chi connectivity index (χ4v) is 4.31. The monoisotopic (exact) mass is 346 g/mol. The number of hydrogen-bond donors (Lipinski definition) is 2. The number of carboxylic acids is 1. The van der Waals surface area contributed by atoms with E-state index < -0.39 is 12.1 Å². The van der Waals surface area contributed by atoms with Crippen molar-refractivity contribution < 1.29 is 24.6 Å². The lowest BCUT2D eigenvalue weighted by Gasteiger charge is -2.45. The molecule has 1 heterocycles. The number of anilines is 1. The van der Waals surface area contributed by atoms with Crippen molar-refractivity contribution in [1.82, 2.24) is 4.90 Å². The number of rotatable bonds is 4. The molecule has 1 aromatic carbocycles. The Morgan fingerprint density at radius 1 is 1.16 bits per heavy atom. The van der Waals surface area contributed by atoms with Crippen molar-refractivity contribution in [1.29, 1.82) is 0 Å². The smallest absolute Gasteiger partial charge is 0.412 e. The minimum atomic E-state index is -0.999. The number of aliphatic carboxylic acids is 1. The lowest BCUT2D eigenvalue weighted by molar-refractivity contribution is -0.141. The van der Waals surface area contributed by atoms with Gasteiger partial charge in [-0.05, 0) is 24.5 Å². The molecule has 1 saturated carbocycles. The SMILES string of the molecule is CN(C(=O)CCC(=O)O)C1c2ccccc2N(C(=O)O)[C@@H]2CCC[C@H]12. The summed E-state index contributed by atoms with van der Waals surface area (Å²) < 4.78 is 0. The molecule has 134 valence electrons. The lowest BCUT2D eigenvalue weighted by Crippen LogP contribution is -2.51. The standard InChI is InChI=1S/C18H22N2O5/c1-19(15(21)9-10-16(22)23)17-11-5-2-3-7-13(11)20(18(24)25)14-8-4-6-12(14)17/h2-3,5,7,12,14,17H,4,6,8-10H2,1H3,(H,22,23)(H,24,25)/t12-,14+,17?/m0/s1. The van der Waals surface area contributed by atoms with E-state index in [-0.39, 0.29) is 36.8 Å². The second-order valence-corrected chi connectivity index (χ2v) is 6.72. The highest BCUT2D eigenvalue weighted by molar-refractivity contribution is 5.89. The lowest BCUT2D eigenvalue weighted by atomic mass is 9.82. The summed E-state index contributed by atoms with van der Waals surface area (Å²) in [5, 5.41) is 18.5. The molecule has 2 N–H and O–H groups in total. The van der Waals surface area contributed by atoms with Crippen LogP contribution in [0.4, 0.5) is 10.5 Å². The molecule has 7 heteroatoms. The molecule has 3 rings (SSSR count). The third kappa shape index (κ3) is 3.06. The van der Waals surface area contributed by atoms with Gasteiger partial charge in [-0.3, -0.25) is 14.5 Å². The number of carbonyl (C=O) groups is 3. The Bertz CT molecular complexity index is 704. The number of nitrogens with zero attached hydrogens (tertiary/aromatic N) is 2. The molecular weight excluding hydrogens is 324 g/mol. The molecule has 25 heavy (non-hydrogen) atoms. The average molecular weight is 346 g/mol. The quantitative estimate of drug-likeness (QED) is 0.873. The molecule has 1 unspecified atom stereocenters. The predicted octanol–water partition coefficient (Wildman–Crippen LogP) is 2.72. The second-order valence-electron chi connectivity index (χ2n) is 6.72. The van der Waals surface area contributed by atoms with E-state index in [1.807, 2.05) is 12.1 Å². The van der Waals surface area contributed by atoms with Gasteiger partial charge in [0.25, 0.3) is 0 Å². The molecule has 0 spiro atoms. The van der Waals surface area contributed by atoms with Gasteiger partial charge in [-0.2, -0.15) is 0 Å². The van der Waals surface area contributed by atoms with Gasteiger partial charge >= 0.3 is 12.1 Å². The van der Waals surface area contributed by atoms with Gasteiger partial charge < -0.3 is 15.1 Å². The summed E-state index contributed by atoms with van der Waals surface area (Å²) in [6, 6.07) is 6.92. The summed E-state index contributed by atoms with van der Waals surface area (Å²) >= 11 is 0. The van der Waals surface area contributed by atoms with E-state index in [1.165, 1.54) is 4.90 Å². The van der Waals surface area contributed by atoms with E-state index in [0.29, 0.717) is 5.69 Å². The Balaban J connectivity index is 1.97. The number of amides is 2. The Kier molecular flexibility index (Phi) is 4.65. The predicted molar refractivity (Wildman–Crippen MR) is 90.5 cm³/mol. The van der Waals surface area contributed by atoms with E-state index in [1.54, 1.807) is 24.1 Å². The Morgan fingerprint density at radius 2 is 1.88 bits per heavy atom. The molecular formula is C18H22N2O5. The van der Waals surface area contributed by atoms with Crippen LogP contribution in [-0.2, 0) is 9.59 Å². The maximum atomic E-state index is 12.5. The summed E-state index contributed by atoms with van der Waals surface area (Å²) in [6.07, 6.45) is 1.32. The summed E-state index contributed by atoms with van der Waals surface area (Å²) in [7, 11) is 1.69. The van der Waals surface area contributed by atoms with Crippen LogP contribution in [0.5, 0.6) is 0 Å². The van der Waals surface area contributed by atoms with Gasteiger partial charge in [0.2, 0.25) is 5.91 Å². The first-order valence-corrected chi connectivity index (χ1v) is 8.50. The van der Waals surface area contributed by atoms with Gasteiger partial charge in [-0.1, -0.05) is 24.6 Å². The van der Waals surface area contributed by atoms with Crippen LogP contribution in [0.15, 0.2) is 24.3 Å². The van der Waals surface area contributed by atoms with Crippen LogP contribution in [0.2, 0.25) is 0 Å². The normalized spacial score (nSPS) is 24.4. The number of hydrogen-bond acceptors (Lipinski definition) is 3. The molecule has 1 fully saturated rings. The maximum Gasteiger partial charge on any atom is 0.412 e. The molecule has 3 atom stereocenters. The minimum Gasteiger partial charge on any atom is -0.481 e. The molecule has 0 aromatic heterocycles. The van der Waals surface area contributed by atoms with E-state index in [0.717, 1.165) is 24.8 Å². The third-order valence-electron chi connectivity index (χ3n) is 5.35. The van der Waals surface area contributed by atoms with E-state index in [4.69, 9.17) is 5.11 Å². The van der Waals surface area contributed by atoms with Crippen molar-refractivity contribution in [3.05, 3.63) is 29.8 Å². The fraction of sp³-hybridized carbons (Fsp3) is 0.500. The van der Waals surface area contributed by atoms with E-state index in [2.05, 4.69) is 0 Å². The number of para-hydroxylation sites is 1. The summed E-state index contributed by atoms with van der Waals surface area (Å²) in [4.78, 5) is 38.1. The van der Waals surface area contributed by atoms with Crippen LogP contribution in [0.3, 0.4) is 0 Å². The van der Waals surface area contributed by atoms with Crippen molar-refractivity contribution in [3.63, 3.8) is 0 Å². The minimum absolute atomic E-state index is 0.0322. The molecule has 1 aliphatic heterocycles. The van der Waals surface area contributed by atoms with Crippen molar-refractivity contribution in [2.24, 2.45) is 5.92 Å². The van der Waals surface area contributed by atoms with Crippen LogP contribution in [-0.4, -0.2) is 46.2 Å². The number of carboxylic acid groups (broad SMARTS) is 2. The zero-order valence-corrected chi connectivity index (χ0v) is 14.1. The summed E-state index contributed by atoms with van der Waals surface area (Å²) in [6.45, 7) is 0. The summed E-state index contributed by atoms with van der Waals surface area (Å²) in [5.74, 6) is -1.19. The van der Waals surface area contributed by atoms with Crippen molar-refractivity contribution >= 4 is 23.7 Å². The fourth-order valence-electron chi connectivity index (χ4n) is 4.31. The molecule has 2 amide bonds.